The molecule has 1 fully saturated rings. The molecule has 2 heterocycles. The molecule has 1 aliphatic rings. The molecule has 0 spiro atoms. The first kappa shape index (κ1) is 12.6. The molecule has 0 aromatic carbocycles. The van der Waals surface area contributed by atoms with E-state index < -0.39 is 0 Å². The van der Waals surface area contributed by atoms with E-state index in [1.54, 1.807) is 6.20 Å². The molecular weight excluding hydrogens is 216 g/mol. The quantitative estimate of drug-likeness (QED) is 0.874. The Bertz CT molecular complexity index is 349. The average molecular weight is 238 g/mol. The van der Waals surface area contributed by atoms with Gasteiger partial charge in [0, 0.05) is 12.6 Å². The topological polar surface area (TPSA) is 47.3 Å². The van der Waals surface area contributed by atoms with Crippen LogP contribution in [0.25, 0.3) is 0 Å². The van der Waals surface area contributed by atoms with Gasteiger partial charge in [-0.1, -0.05) is 13.8 Å². The molecule has 1 aliphatic heterocycles. The maximum atomic E-state index is 5.75. The van der Waals surface area contributed by atoms with Crippen molar-refractivity contribution in [2.75, 3.05) is 6.61 Å². The van der Waals surface area contributed by atoms with Gasteiger partial charge in [-0.2, -0.15) is 0 Å². The van der Waals surface area contributed by atoms with Gasteiger partial charge in [-0.25, -0.2) is 4.98 Å². The second-order valence-corrected chi connectivity index (χ2v) is 5.12. The molecule has 1 saturated heterocycles. The molecule has 96 valence electrons. The summed E-state index contributed by atoms with van der Waals surface area (Å²) >= 11 is 0. The van der Waals surface area contributed by atoms with Crippen molar-refractivity contribution < 1.29 is 9.15 Å². The highest BCUT2D eigenvalue weighted by Gasteiger charge is 2.24. The molecule has 17 heavy (non-hydrogen) atoms. The van der Waals surface area contributed by atoms with Gasteiger partial charge in [0.25, 0.3) is 0 Å². The maximum Gasteiger partial charge on any atom is 0.208 e. The molecule has 0 amide bonds. The summed E-state index contributed by atoms with van der Waals surface area (Å²) in [6, 6.07) is 0.517. The van der Waals surface area contributed by atoms with Crippen LogP contribution in [0, 0.1) is 12.8 Å². The van der Waals surface area contributed by atoms with Crippen molar-refractivity contribution in [2.45, 2.75) is 52.3 Å². The van der Waals surface area contributed by atoms with Gasteiger partial charge in [0.15, 0.2) is 0 Å². The highest BCUT2D eigenvalue weighted by atomic mass is 16.5. The Morgan fingerprint density at radius 3 is 3.00 bits per heavy atom. The minimum atomic E-state index is 0.382. The van der Waals surface area contributed by atoms with Crippen LogP contribution >= 0.6 is 0 Å². The zero-order valence-electron chi connectivity index (χ0n) is 10.9. The van der Waals surface area contributed by atoms with Gasteiger partial charge in [0.2, 0.25) is 5.89 Å². The standard InChI is InChI=1S/C13H22N2O2/c1-9(2)12-6-11(4-5-16-12)14-8-13-15-7-10(3)17-13/h7,9,11-12,14H,4-6,8H2,1-3H3. The number of aryl methyl sites for hydroxylation is 1. The fourth-order valence-corrected chi connectivity index (χ4v) is 2.19. The van der Waals surface area contributed by atoms with Crippen molar-refractivity contribution in [1.29, 1.82) is 0 Å². The molecular formula is C13H22N2O2. The van der Waals surface area contributed by atoms with E-state index in [0.717, 1.165) is 31.1 Å². The molecule has 0 bridgehead atoms. The number of aromatic nitrogens is 1. The van der Waals surface area contributed by atoms with Gasteiger partial charge in [0.05, 0.1) is 18.8 Å². The van der Waals surface area contributed by atoms with Crippen LogP contribution < -0.4 is 5.32 Å². The number of hydrogen-bond donors (Lipinski definition) is 1. The number of oxazole rings is 1. The smallest absolute Gasteiger partial charge is 0.208 e. The van der Waals surface area contributed by atoms with Gasteiger partial charge in [0.1, 0.15) is 5.76 Å². The van der Waals surface area contributed by atoms with Crippen LogP contribution in [-0.4, -0.2) is 23.7 Å². The summed E-state index contributed by atoms with van der Waals surface area (Å²) in [7, 11) is 0. The van der Waals surface area contributed by atoms with E-state index in [1.165, 1.54) is 0 Å². The summed E-state index contributed by atoms with van der Waals surface area (Å²) in [6.45, 7) is 7.91. The van der Waals surface area contributed by atoms with Crippen molar-refractivity contribution in [3.05, 3.63) is 17.8 Å². The predicted molar refractivity (Wildman–Crippen MR) is 65.7 cm³/mol. The summed E-state index contributed by atoms with van der Waals surface area (Å²) in [4.78, 5) is 4.19. The fraction of sp³-hybridized carbons (Fsp3) is 0.769. The fourth-order valence-electron chi connectivity index (χ4n) is 2.19. The van der Waals surface area contributed by atoms with Crippen molar-refractivity contribution in [1.82, 2.24) is 10.3 Å². The third kappa shape index (κ3) is 3.54. The van der Waals surface area contributed by atoms with Crippen LogP contribution in [0.4, 0.5) is 0 Å². The van der Waals surface area contributed by atoms with Crippen LogP contribution in [-0.2, 0) is 11.3 Å². The summed E-state index contributed by atoms with van der Waals surface area (Å²) in [6.07, 6.45) is 4.30. The van der Waals surface area contributed by atoms with E-state index in [4.69, 9.17) is 9.15 Å². The summed E-state index contributed by atoms with van der Waals surface area (Å²) < 4.78 is 11.2. The highest BCUT2D eigenvalue weighted by Crippen LogP contribution is 2.20. The molecule has 0 saturated carbocycles. The molecule has 1 aromatic rings. The third-order valence-electron chi connectivity index (χ3n) is 3.27. The number of rotatable bonds is 4. The predicted octanol–water partition coefficient (Wildman–Crippen LogP) is 2.28. The monoisotopic (exact) mass is 238 g/mol. The first-order valence-electron chi connectivity index (χ1n) is 6.41. The van der Waals surface area contributed by atoms with E-state index in [2.05, 4.69) is 24.1 Å². The Balaban J connectivity index is 1.79. The van der Waals surface area contributed by atoms with Gasteiger partial charge >= 0.3 is 0 Å². The van der Waals surface area contributed by atoms with Crippen molar-refractivity contribution in [3.63, 3.8) is 0 Å². The number of ether oxygens (including phenoxy) is 1. The van der Waals surface area contributed by atoms with Crippen LogP contribution in [0.1, 0.15) is 38.3 Å². The first-order valence-corrected chi connectivity index (χ1v) is 6.41. The minimum absolute atomic E-state index is 0.382. The number of nitrogens with zero attached hydrogens (tertiary/aromatic N) is 1. The summed E-state index contributed by atoms with van der Waals surface area (Å²) in [5.74, 6) is 2.23. The second kappa shape index (κ2) is 5.65. The average Bonchev–Trinajstić information content (AvgIpc) is 2.73. The van der Waals surface area contributed by atoms with E-state index in [0.29, 0.717) is 24.6 Å². The third-order valence-corrected chi connectivity index (χ3v) is 3.27. The molecule has 4 heteroatoms. The van der Waals surface area contributed by atoms with Crippen LogP contribution in [0.2, 0.25) is 0 Å². The van der Waals surface area contributed by atoms with Crippen molar-refractivity contribution in [3.8, 4) is 0 Å². The van der Waals surface area contributed by atoms with E-state index in [9.17, 15) is 0 Å². The Morgan fingerprint density at radius 1 is 1.53 bits per heavy atom. The van der Waals surface area contributed by atoms with Gasteiger partial charge in [-0.05, 0) is 25.7 Å². The first-order chi connectivity index (χ1) is 8.15. The molecule has 4 nitrogen and oxygen atoms in total. The van der Waals surface area contributed by atoms with Gasteiger partial charge in [-0.15, -0.1) is 0 Å². The lowest BCUT2D eigenvalue weighted by Gasteiger charge is -2.32. The van der Waals surface area contributed by atoms with E-state index in [-0.39, 0.29) is 0 Å². The number of hydrogen-bond acceptors (Lipinski definition) is 4. The Labute approximate surface area is 103 Å². The molecule has 2 unspecified atom stereocenters. The molecule has 0 aliphatic carbocycles. The maximum absolute atomic E-state index is 5.75. The second-order valence-electron chi connectivity index (χ2n) is 5.12. The lowest BCUT2D eigenvalue weighted by Crippen LogP contribution is -2.40. The highest BCUT2D eigenvalue weighted by molar-refractivity contribution is 4.91. The van der Waals surface area contributed by atoms with Gasteiger partial charge in [-0.3, -0.25) is 0 Å². The molecule has 2 atom stereocenters. The van der Waals surface area contributed by atoms with E-state index >= 15 is 0 Å². The SMILES string of the molecule is Cc1cnc(CNC2CCOC(C(C)C)C2)o1. The summed E-state index contributed by atoms with van der Waals surface area (Å²) in [5, 5.41) is 3.50. The lowest BCUT2D eigenvalue weighted by atomic mass is 9.95. The lowest BCUT2D eigenvalue weighted by molar-refractivity contribution is -0.0248. The minimum Gasteiger partial charge on any atom is -0.445 e. The summed E-state index contributed by atoms with van der Waals surface area (Å²) in [5.41, 5.74) is 0. The largest absolute Gasteiger partial charge is 0.445 e. The Morgan fingerprint density at radius 2 is 2.35 bits per heavy atom. The number of nitrogens with one attached hydrogen (secondary N) is 1. The van der Waals surface area contributed by atoms with Crippen LogP contribution in [0.15, 0.2) is 10.6 Å². The molecule has 1 N–H and O–H groups in total. The molecule has 1 aromatic heterocycles. The van der Waals surface area contributed by atoms with Crippen LogP contribution in [0.3, 0.4) is 0 Å². The Kier molecular flexibility index (Phi) is 4.18. The van der Waals surface area contributed by atoms with Crippen molar-refractivity contribution in [2.24, 2.45) is 5.92 Å². The Hall–Kier alpha value is -0.870. The van der Waals surface area contributed by atoms with Gasteiger partial charge < -0.3 is 14.5 Å². The zero-order chi connectivity index (χ0) is 12.3. The van der Waals surface area contributed by atoms with Crippen LogP contribution in [0.5, 0.6) is 0 Å². The molecule has 2 rings (SSSR count). The molecule has 0 radical (unpaired) electrons. The van der Waals surface area contributed by atoms with Crippen molar-refractivity contribution >= 4 is 0 Å². The zero-order valence-corrected chi connectivity index (χ0v) is 10.9. The normalized spacial score (nSPS) is 25.4. The van der Waals surface area contributed by atoms with E-state index in [1.807, 2.05) is 6.92 Å².